The molecule has 2 rings (SSSR count). The van der Waals surface area contributed by atoms with Crippen LogP contribution in [0.3, 0.4) is 0 Å². The average molecular weight is 250 g/mol. The van der Waals surface area contributed by atoms with Gasteiger partial charge in [-0.05, 0) is 25.3 Å². The van der Waals surface area contributed by atoms with Crippen LogP contribution in [0.15, 0.2) is 6.07 Å². The second-order valence-corrected chi connectivity index (χ2v) is 5.03. The minimum Gasteiger partial charge on any atom is -0.347 e. The minimum absolute atomic E-state index is 0.0542. The van der Waals surface area contributed by atoms with Gasteiger partial charge in [-0.3, -0.25) is 9.89 Å². The Morgan fingerprint density at radius 2 is 2.44 bits per heavy atom. The number of hydrogen-bond acceptors (Lipinski definition) is 3. The number of aromatic amines is 1. The third kappa shape index (κ3) is 3.32. The Bertz CT molecular complexity index is 397. The molecule has 0 radical (unpaired) electrons. The van der Waals surface area contributed by atoms with Crippen molar-refractivity contribution in [2.24, 2.45) is 5.73 Å². The van der Waals surface area contributed by atoms with Crippen LogP contribution in [-0.4, -0.2) is 28.7 Å². The number of nitrogens with zero attached hydrogens (tertiary/aromatic N) is 1. The second-order valence-electron chi connectivity index (χ2n) is 5.03. The predicted octanol–water partition coefficient (Wildman–Crippen LogP) is 1.53. The molecule has 1 aromatic rings. The molecular weight excluding hydrogens is 228 g/mol. The molecular formula is C13H22N4O. The Morgan fingerprint density at radius 1 is 1.67 bits per heavy atom. The fourth-order valence-electron chi connectivity index (χ4n) is 2.02. The van der Waals surface area contributed by atoms with E-state index in [1.807, 2.05) is 6.07 Å². The normalized spacial score (nSPS) is 16.6. The third-order valence-electron chi connectivity index (χ3n) is 3.37. The highest BCUT2D eigenvalue weighted by Gasteiger charge is 2.26. The van der Waals surface area contributed by atoms with Gasteiger partial charge in [0, 0.05) is 24.2 Å². The number of unbranched alkanes of at least 4 members (excludes halogenated alkanes) is 1. The second kappa shape index (κ2) is 6.00. The lowest BCUT2D eigenvalue weighted by Crippen LogP contribution is -2.40. The molecule has 1 fully saturated rings. The van der Waals surface area contributed by atoms with Gasteiger partial charge in [-0.25, -0.2) is 0 Å². The molecule has 0 spiro atoms. The van der Waals surface area contributed by atoms with Gasteiger partial charge in [0.15, 0.2) is 0 Å². The van der Waals surface area contributed by atoms with E-state index in [0.29, 0.717) is 18.2 Å². The van der Waals surface area contributed by atoms with Crippen molar-refractivity contribution in [3.05, 3.63) is 17.5 Å². The van der Waals surface area contributed by atoms with Crippen LogP contribution < -0.4 is 11.1 Å². The van der Waals surface area contributed by atoms with Gasteiger partial charge in [-0.2, -0.15) is 5.10 Å². The molecule has 5 heteroatoms. The van der Waals surface area contributed by atoms with Crippen LogP contribution in [0, 0.1) is 0 Å². The van der Waals surface area contributed by atoms with E-state index in [1.165, 1.54) is 12.8 Å². The highest BCUT2D eigenvalue weighted by atomic mass is 16.2. The summed E-state index contributed by atoms with van der Waals surface area (Å²) in [6, 6.07) is 1.92. The SMILES string of the molecule is CCCCC(CN)NC(=O)c1cc(C2CC2)[nH]n1. The van der Waals surface area contributed by atoms with Crippen molar-refractivity contribution in [2.45, 2.75) is 51.0 Å². The monoisotopic (exact) mass is 250 g/mol. The van der Waals surface area contributed by atoms with Gasteiger partial charge in [-0.15, -0.1) is 0 Å². The van der Waals surface area contributed by atoms with E-state index in [9.17, 15) is 4.79 Å². The van der Waals surface area contributed by atoms with Gasteiger partial charge < -0.3 is 11.1 Å². The van der Waals surface area contributed by atoms with Gasteiger partial charge in [0.1, 0.15) is 5.69 Å². The van der Waals surface area contributed by atoms with Crippen molar-refractivity contribution < 1.29 is 4.79 Å². The number of carbonyl (C=O) groups is 1. The standard InChI is InChI=1S/C13H22N4O/c1-2-3-4-10(8-14)15-13(18)12-7-11(16-17-12)9-5-6-9/h7,9-10H,2-6,8,14H2,1H3,(H,15,18)(H,16,17). The summed E-state index contributed by atoms with van der Waals surface area (Å²) in [6.07, 6.45) is 5.52. The van der Waals surface area contributed by atoms with Crippen LogP contribution in [0.4, 0.5) is 0 Å². The number of nitrogens with two attached hydrogens (primary N) is 1. The van der Waals surface area contributed by atoms with Crippen molar-refractivity contribution in [2.75, 3.05) is 6.54 Å². The molecule has 5 nitrogen and oxygen atoms in total. The van der Waals surface area contributed by atoms with Crippen LogP contribution >= 0.6 is 0 Å². The summed E-state index contributed by atoms with van der Waals surface area (Å²) in [5, 5.41) is 9.95. The van der Waals surface area contributed by atoms with Gasteiger partial charge in [0.25, 0.3) is 5.91 Å². The van der Waals surface area contributed by atoms with E-state index in [0.717, 1.165) is 25.0 Å². The number of rotatable bonds is 7. The zero-order valence-corrected chi connectivity index (χ0v) is 10.9. The molecule has 1 aliphatic carbocycles. The van der Waals surface area contributed by atoms with Gasteiger partial charge in [-0.1, -0.05) is 19.8 Å². The molecule has 1 aliphatic rings. The van der Waals surface area contributed by atoms with E-state index in [4.69, 9.17) is 5.73 Å². The number of H-pyrrole nitrogens is 1. The first kappa shape index (κ1) is 13.1. The summed E-state index contributed by atoms with van der Waals surface area (Å²) in [5.41, 5.74) is 7.22. The molecule has 1 heterocycles. The predicted molar refractivity (Wildman–Crippen MR) is 70.4 cm³/mol. The Labute approximate surface area is 108 Å². The molecule has 4 N–H and O–H groups in total. The van der Waals surface area contributed by atoms with Crippen LogP contribution in [0.25, 0.3) is 0 Å². The number of aromatic nitrogens is 2. The molecule has 100 valence electrons. The van der Waals surface area contributed by atoms with E-state index >= 15 is 0 Å². The average Bonchev–Trinajstić information content (AvgIpc) is 3.12. The van der Waals surface area contributed by atoms with Crippen molar-refractivity contribution in [3.8, 4) is 0 Å². The Balaban J connectivity index is 1.88. The first-order valence-corrected chi connectivity index (χ1v) is 6.80. The highest BCUT2D eigenvalue weighted by molar-refractivity contribution is 5.92. The molecule has 1 atom stereocenters. The van der Waals surface area contributed by atoms with E-state index in [1.54, 1.807) is 0 Å². The van der Waals surface area contributed by atoms with Crippen molar-refractivity contribution in [1.82, 2.24) is 15.5 Å². The van der Waals surface area contributed by atoms with Gasteiger partial charge in [0.2, 0.25) is 0 Å². The lowest BCUT2D eigenvalue weighted by molar-refractivity contribution is 0.0930. The van der Waals surface area contributed by atoms with Gasteiger partial charge >= 0.3 is 0 Å². The topological polar surface area (TPSA) is 83.8 Å². The van der Waals surface area contributed by atoms with E-state index < -0.39 is 0 Å². The molecule has 1 unspecified atom stereocenters. The maximum atomic E-state index is 12.0. The summed E-state index contributed by atoms with van der Waals surface area (Å²) in [4.78, 5) is 12.0. The number of hydrogen-bond donors (Lipinski definition) is 3. The third-order valence-corrected chi connectivity index (χ3v) is 3.37. The lowest BCUT2D eigenvalue weighted by atomic mass is 10.1. The van der Waals surface area contributed by atoms with Crippen molar-refractivity contribution >= 4 is 5.91 Å². The molecule has 1 saturated carbocycles. The molecule has 0 aromatic carbocycles. The maximum Gasteiger partial charge on any atom is 0.272 e. The molecule has 0 saturated heterocycles. The van der Waals surface area contributed by atoms with Crippen LogP contribution in [0.2, 0.25) is 0 Å². The van der Waals surface area contributed by atoms with Gasteiger partial charge in [0.05, 0.1) is 0 Å². The number of nitrogens with one attached hydrogen (secondary N) is 2. The molecule has 18 heavy (non-hydrogen) atoms. The number of carbonyl (C=O) groups excluding carboxylic acids is 1. The first-order chi connectivity index (χ1) is 8.74. The quantitative estimate of drug-likeness (QED) is 0.686. The van der Waals surface area contributed by atoms with Crippen LogP contribution in [-0.2, 0) is 0 Å². The Morgan fingerprint density at radius 3 is 3.06 bits per heavy atom. The number of amides is 1. The largest absolute Gasteiger partial charge is 0.347 e. The molecule has 1 amide bonds. The Kier molecular flexibility index (Phi) is 4.36. The summed E-state index contributed by atoms with van der Waals surface area (Å²) in [5.74, 6) is 0.467. The van der Waals surface area contributed by atoms with Crippen molar-refractivity contribution in [1.29, 1.82) is 0 Å². The minimum atomic E-state index is -0.121. The summed E-state index contributed by atoms with van der Waals surface area (Å²) >= 11 is 0. The zero-order valence-electron chi connectivity index (χ0n) is 10.9. The van der Waals surface area contributed by atoms with Crippen molar-refractivity contribution in [3.63, 3.8) is 0 Å². The molecule has 0 aliphatic heterocycles. The highest BCUT2D eigenvalue weighted by Crippen LogP contribution is 2.38. The van der Waals surface area contributed by atoms with E-state index in [-0.39, 0.29) is 11.9 Å². The fourth-order valence-corrected chi connectivity index (χ4v) is 2.02. The molecule has 1 aromatic heterocycles. The smallest absolute Gasteiger partial charge is 0.272 e. The maximum absolute atomic E-state index is 12.0. The van der Waals surface area contributed by atoms with Crippen LogP contribution in [0.1, 0.15) is 61.1 Å². The zero-order chi connectivity index (χ0) is 13.0. The molecule has 0 bridgehead atoms. The summed E-state index contributed by atoms with van der Waals surface area (Å²) in [7, 11) is 0. The Hall–Kier alpha value is -1.36. The summed E-state index contributed by atoms with van der Waals surface area (Å²) < 4.78 is 0. The summed E-state index contributed by atoms with van der Waals surface area (Å²) in [6.45, 7) is 2.61. The lowest BCUT2D eigenvalue weighted by Gasteiger charge is -2.15. The fraction of sp³-hybridized carbons (Fsp3) is 0.692. The van der Waals surface area contributed by atoms with Crippen LogP contribution in [0.5, 0.6) is 0 Å². The van der Waals surface area contributed by atoms with E-state index in [2.05, 4.69) is 22.4 Å². The first-order valence-electron chi connectivity index (χ1n) is 6.80.